The first-order valence-electron chi connectivity index (χ1n) is 6.42. The second-order valence-corrected chi connectivity index (χ2v) is 4.44. The number of para-hydroxylation sites is 1. The van der Waals surface area contributed by atoms with Crippen molar-refractivity contribution in [3.63, 3.8) is 0 Å². The lowest BCUT2D eigenvalue weighted by Crippen LogP contribution is -2.14. The third-order valence-corrected chi connectivity index (χ3v) is 2.83. The molecule has 0 spiro atoms. The van der Waals surface area contributed by atoms with Crippen LogP contribution >= 0.6 is 0 Å². The standard InChI is InChI=1S/C16H17NO3/c1-12-7-8-15(14(11-12)16(18)19)17-9-10-20-13-5-3-2-4-6-13/h2-8,11,17H,9-10H2,1H3,(H,18,19). The number of hydrogen-bond donors (Lipinski definition) is 2. The number of nitrogens with one attached hydrogen (secondary N) is 1. The third kappa shape index (κ3) is 3.75. The molecular formula is C16H17NO3. The number of hydrogen-bond acceptors (Lipinski definition) is 3. The smallest absolute Gasteiger partial charge is 0.337 e. The first kappa shape index (κ1) is 13.9. The first-order valence-corrected chi connectivity index (χ1v) is 6.42. The van der Waals surface area contributed by atoms with Crippen LogP contribution in [0.4, 0.5) is 5.69 Å². The maximum Gasteiger partial charge on any atom is 0.337 e. The van der Waals surface area contributed by atoms with Crippen LogP contribution in [0.25, 0.3) is 0 Å². The predicted molar refractivity (Wildman–Crippen MR) is 78.6 cm³/mol. The minimum atomic E-state index is -0.930. The number of carboxylic acids is 1. The van der Waals surface area contributed by atoms with E-state index in [0.717, 1.165) is 11.3 Å². The van der Waals surface area contributed by atoms with Crippen molar-refractivity contribution in [3.8, 4) is 5.75 Å². The maximum atomic E-state index is 11.2. The maximum absolute atomic E-state index is 11.2. The Morgan fingerprint density at radius 3 is 2.65 bits per heavy atom. The zero-order chi connectivity index (χ0) is 14.4. The minimum absolute atomic E-state index is 0.282. The summed E-state index contributed by atoms with van der Waals surface area (Å²) in [6, 6.07) is 14.8. The van der Waals surface area contributed by atoms with Gasteiger partial charge in [-0.15, -0.1) is 0 Å². The summed E-state index contributed by atoms with van der Waals surface area (Å²) in [5.74, 6) is -0.128. The van der Waals surface area contributed by atoms with Gasteiger partial charge in [-0.2, -0.15) is 0 Å². The molecule has 104 valence electrons. The Kier molecular flexibility index (Phi) is 4.60. The largest absolute Gasteiger partial charge is 0.492 e. The van der Waals surface area contributed by atoms with Crippen molar-refractivity contribution >= 4 is 11.7 Å². The van der Waals surface area contributed by atoms with Gasteiger partial charge in [-0.3, -0.25) is 0 Å². The van der Waals surface area contributed by atoms with Gasteiger partial charge in [0.05, 0.1) is 5.56 Å². The van der Waals surface area contributed by atoms with E-state index in [1.165, 1.54) is 0 Å². The number of carboxylic acid groups (broad SMARTS) is 1. The molecule has 4 heteroatoms. The highest BCUT2D eigenvalue weighted by Gasteiger charge is 2.09. The van der Waals surface area contributed by atoms with Crippen molar-refractivity contribution < 1.29 is 14.6 Å². The van der Waals surface area contributed by atoms with E-state index in [0.29, 0.717) is 18.8 Å². The molecule has 2 aromatic rings. The summed E-state index contributed by atoms with van der Waals surface area (Å²) in [7, 11) is 0. The van der Waals surface area contributed by atoms with Crippen LogP contribution in [0.1, 0.15) is 15.9 Å². The molecule has 0 aromatic heterocycles. The first-order chi connectivity index (χ1) is 9.66. The van der Waals surface area contributed by atoms with Gasteiger partial charge in [0.1, 0.15) is 12.4 Å². The van der Waals surface area contributed by atoms with Crippen LogP contribution in [-0.4, -0.2) is 24.2 Å². The van der Waals surface area contributed by atoms with Crippen LogP contribution in [0.2, 0.25) is 0 Å². The van der Waals surface area contributed by atoms with Crippen LogP contribution in [0.15, 0.2) is 48.5 Å². The van der Waals surface area contributed by atoms with Crippen LogP contribution in [0, 0.1) is 6.92 Å². The molecule has 0 aliphatic heterocycles. The average Bonchev–Trinajstić information content (AvgIpc) is 2.45. The lowest BCUT2D eigenvalue weighted by molar-refractivity contribution is 0.0698. The molecule has 0 bridgehead atoms. The minimum Gasteiger partial charge on any atom is -0.492 e. The molecule has 0 saturated heterocycles. The summed E-state index contributed by atoms with van der Waals surface area (Å²) >= 11 is 0. The molecule has 0 heterocycles. The molecule has 0 unspecified atom stereocenters. The second-order valence-electron chi connectivity index (χ2n) is 4.44. The molecule has 0 aliphatic rings. The highest BCUT2D eigenvalue weighted by molar-refractivity contribution is 5.94. The Bertz CT molecular complexity index is 582. The number of carbonyl (C=O) groups is 1. The number of anilines is 1. The highest BCUT2D eigenvalue weighted by Crippen LogP contribution is 2.17. The Morgan fingerprint density at radius 1 is 1.20 bits per heavy atom. The number of aryl methyl sites for hydroxylation is 1. The molecule has 4 nitrogen and oxygen atoms in total. The molecule has 2 aromatic carbocycles. The van der Waals surface area contributed by atoms with E-state index in [2.05, 4.69) is 5.32 Å². The normalized spacial score (nSPS) is 10.1. The topological polar surface area (TPSA) is 58.6 Å². The van der Waals surface area contributed by atoms with Crippen LogP contribution in [-0.2, 0) is 0 Å². The van der Waals surface area contributed by atoms with Gasteiger partial charge in [0.25, 0.3) is 0 Å². The van der Waals surface area contributed by atoms with E-state index in [1.54, 1.807) is 12.1 Å². The lowest BCUT2D eigenvalue weighted by atomic mass is 10.1. The van der Waals surface area contributed by atoms with Crippen molar-refractivity contribution in [3.05, 3.63) is 59.7 Å². The molecule has 0 fully saturated rings. The van der Waals surface area contributed by atoms with Crippen molar-refractivity contribution in [1.29, 1.82) is 0 Å². The average molecular weight is 271 g/mol. The van der Waals surface area contributed by atoms with Gasteiger partial charge in [0, 0.05) is 12.2 Å². The Balaban J connectivity index is 1.90. The van der Waals surface area contributed by atoms with Crippen LogP contribution in [0.5, 0.6) is 5.75 Å². The van der Waals surface area contributed by atoms with Gasteiger partial charge in [0.15, 0.2) is 0 Å². The summed E-state index contributed by atoms with van der Waals surface area (Å²) in [6.45, 7) is 2.88. The van der Waals surface area contributed by atoms with Gasteiger partial charge in [0.2, 0.25) is 0 Å². The lowest BCUT2D eigenvalue weighted by Gasteiger charge is -2.11. The monoisotopic (exact) mass is 271 g/mol. The molecule has 0 amide bonds. The summed E-state index contributed by atoms with van der Waals surface area (Å²) in [5, 5.41) is 12.2. The van der Waals surface area contributed by atoms with Crippen LogP contribution < -0.4 is 10.1 Å². The van der Waals surface area contributed by atoms with E-state index in [4.69, 9.17) is 9.84 Å². The molecule has 0 radical (unpaired) electrons. The van der Waals surface area contributed by atoms with E-state index in [-0.39, 0.29) is 5.56 Å². The molecule has 2 N–H and O–H groups in total. The molecule has 20 heavy (non-hydrogen) atoms. The SMILES string of the molecule is Cc1ccc(NCCOc2ccccc2)c(C(=O)O)c1. The van der Waals surface area contributed by atoms with Crippen molar-refractivity contribution in [2.45, 2.75) is 6.92 Å². The van der Waals surface area contributed by atoms with Crippen molar-refractivity contribution in [2.75, 3.05) is 18.5 Å². The van der Waals surface area contributed by atoms with Gasteiger partial charge in [-0.05, 0) is 31.2 Å². The van der Waals surface area contributed by atoms with Gasteiger partial charge in [-0.25, -0.2) is 4.79 Å². The van der Waals surface area contributed by atoms with Crippen molar-refractivity contribution in [2.24, 2.45) is 0 Å². The van der Waals surface area contributed by atoms with E-state index in [1.807, 2.05) is 43.3 Å². The Labute approximate surface area is 118 Å². The zero-order valence-corrected chi connectivity index (χ0v) is 11.3. The predicted octanol–water partition coefficient (Wildman–Crippen LogP) is 3.18. The highest BCUT2D eigenvalue weighted by atomic mass is 16.5. The van der Waals surface area contributed by atoms with Crippen molar-refractivity contribution in [1.82, 2.24) is 0 Å². The van der Waals surface area contributed by atoms with Gasteiger partial charge >= 0.3 is 5.97 Å². The Morgan fingerprint density at radius 2 is 1.95 bits per heavy atom. The molecular weight excluding hydrogens is 254 g/mol. The Hall–Kier alpha value is -2.49. The molecule has 0 atom stereocenters. The fraction of sp³-hybridized carbons (Fsp3) is 0.188. The van der Waals surface area contributed by atoms with Gasteiger partial charge in [-0.1, -0.05) is 29.8 Å². The number of benzene rings is 2. The number of ether oxygens (including phenoxy) is 1. The van der Waals surface area contributed by atoms with Gasteiger partial charge < -0.3 is 15.2 Å². The van der Waals surface area contributed by atoms with Crippen LogP contribution in [0.3, 0.4) is 0 Å². The van der Waals surface area contributed by atoms with E-state index >= 15 is 0 Å². The second kappa shape index (κ2) is 6.61. The number of rotatable bonds is 6. The fourth-order valence-corrected chi connectivity index (χ4v) is 1.86. The summed E-state index contributed by atoms with van der Waals surface area (Å²) < 4.78 is 5.54. The quantitative estimate of drug-likeness (QED) is 0.792. The number of aromatic carboxylic acids is 1. The fourth-order valence-electron chi connectivity index (χ4n) is 1.86. The molecule has 0 saturated carbocycles. The molecule has 0 aliphatic carbocycles. The van der Waals surface area contributed by atoms with E-state index < -0.39 is 5.97 Å². The molecule has 2 rings (SSSR count). The zero-order valence-electron chi connectivity index (χ0n) is 11.3. The summed E-state index contributed by atoms with van der Waals surface area (Å²) in [6.07, 6.45) is 0. The third-order valence-electron chi connectivity index (χ3n) is 2.83. The summed E-state index contributed by atoms with van der Waals surface area (Å²) in [4.78, 5) is 11.2. The van der Waals surface area contributed by atoms with E-state index in [9.17, 15) is 4.79 Å². The summed E-state index contributed by atoms with van der Waals surface area (Å²) in [5.41, 5.74) is 1.82.